The monoisotopic (exact) mass is 288 g/mol. The molecule has 1 saturated heterocycles. The third-order valence-corrected chi connectivity index (χ3v) is 6.32. The van der Waals surface area contributed by atoms with E-state index in [9.17, 15) is 0 Å². The summed E-state index contributed by atoms with van der Waals surface area (Å²) in [7, 11) is 0. The minimum absolute atomic E-state index is 0.647. The quantitative estimate of drug-likeness (QED) is 0.920. The SMILES string of the molecule is CC1CN(CC2CSc3ccccc32)C(C2CC2)CN1. The Bertz CT molecular complexity index is 486. The molecule has 0 bridgehead atoms. The lowest BCUT2D eigenvalue weighted by molar-refractivity contribution is 0.114. The van der Waals surface area contributed by atoms with Gasteiger partial charge in [-0.05, 0) is 37.3 Å². The lowest BCUT2D eigenvalue weighted by Gasteiger charge is -2.41. The lowest BCUT2D eigenvalue weighted by atomic mass is 9.97. The van der Waals surface area contributed by atoms with E-state index in [4.69, 9.17) is 0 Å². The van der Waals surface area contributed by atoms with Crippen molar-refractivity contribution in [2.75, 3.05) is 25.4 Å². The highest BCUT2D eigenvalue weighted by Crippen LogP contribution is 2.42. The number of benzene rings is 1. The molecule has 1 N–H and O–H groups in total. The van der Waals surface area contributed by atoms with Gasteiger partial charge in [-0.15, -0.1) is 11.8 Å². The number of nitrogens with zero attached hydrogens (tertiary/aromatic N) is 1. The van der Waals surface area contributed by atoms with Crippen LogP contribution in [-0.2, 0) is 0 Å². The zero-order valence-electron chi connectivity index (χ0n) is 12.2. The number of hydrogen-bond donors (Lipinski definition) is 1. The van der Waals surface area contributed by atoms with Crippen LogP contribution in [0.5, 0.6) is 0 Å². The predicted octanol–water partition coefficient (Wildman–Crippen LogP) is 2.95. The average molecular weight is 288 g/mol. The molecular weight excluding hydrogens is 264 g/mol. The van der Waals surface area contributed by atoms with Crippen LogP contribution in [-0.4, -0.2) is 42.4 Å². The second-order valence-corrected chi connectivity index (χ2v) is 7.78. The minimum atomic E-state index is 0.647. The van der Waals surface area contributed by atoms with E-state index in [1.165, 1.54) is 43.1 Å². The van der Waals surface area contributed by atoms with Gasteiger partial charge in [-0.2, -0.15) is 0 Å². The molecule has 1 aromatic carbocycles. The van der Waals surface area contributed by atoms with Gasteiger partial charge >= 0.3 is 0 Å². The number of nitrogens with one attached hydrogen (secondary N) is 1. The van der Waals surface area contributed by atoms with Crippen LogP contribution in [0.25, 0.3) is 0 Å². The molecule has 0 aromatic heterocycles. The highest BCUT2D eigenvalue weighted by molar-refractivity contribution is 7.99. The molecule has 2 fully saturated rings. The molecule has 0 radical (unpaired) electrons. The molecular formula is C17H24N2S. The van der Waals surface area contributed by atoms with E-state index in [1.54, 1.807) is 5.56 Å². The first kappa shape index (κ1) is 13.2. The summed E-state index contributed by atoms with van der Waals surface area (Å²) in [6, 6.07) is 10.5. The lowest BCUT2D eigenvalue weighted by Crippen LogP contribution is -2.57. The van der Waals surface area contributed by atoms with Crippen LogP contribution in [0.15, 0.2) is 29.2 Å². The zero-order chi connectivity index (χ0) is 13.5. The van der Waals surface area contributed by atoms with Gasteiger partial charge < -0.3 is 5.32 Å². The Labute approximate surface area is 126 Å². The van der Waals surface area contributed by atoms with Crippen LogP contribution in [0.3, 0.4) is 0 Å². The summed E-state index contributed by atoms with van der Waals surface area (Å²) >= 11 is 2.05. The molecule has 3 heteroatoms. The van der Waals surface area contributed by atoms with E-state index in [0.717, 1.165) is 17.9 Å². The maximum absolute atomic E-state index is 3.68. The van der Waals surface area contributed by atoms with Gasteiger partial charge in [0.2, 0.25) is 0 Å². The molecule has 0 amide bonds. The normalized spacial score (nSPS) is 34.1. The van der Waals surface area contributed by atoms with Crippen molar-refractivity contribution in [1.29, 1.82) is 0 Å². The first-order chi connectivity index (χ1) is 9.81. The van der Waals surface area contributed by atoms with Gasteiger partial charge in [-0.1, -0.05) is 18.2 Å². The molecule has 20 heavy (non-hydrogen) atoms. The van der Waals surface area contributed by atoms with Crippen molar-refractivity contribution < 1.29 is 0 Å². The summed E-state index contributed by atoms with van der Waals surface area (Å²) in [5.41, 5.74) is 1.60. The zero-order valence-corrected chi connectivity index (χ0v) is 13.0. The second-order valence-electron chi connectivity index (χ2n) is 6.71. The number of hydrogen-bond acceptors (Lipinski definition) is 3. The number of piperazine rings is 1. The fraction of sp³-hybridized carbons (Fsp3) is 0.647. The summed E-state index contributed by atoms with van der Waals surface area (Å²) in [5.74, 6) is 2.98. The predicted molar refractivity (Wildman–Crippen MR) is 85.5 cm³/mol. The Morgan fingerprint density at radius 2 is 2.15 bits per heavy atom. The Morgan fingerprint density at radius 1 is 1.30 bits per heavy atom. The van der Waals surface area contributed by atoms with E-state index in [1.807, 2.05) is 11.8 Å². The second kappa shape index (κ2) is 5.36. The van der Waals surface area contributed by atoms with Gasteiger partial charge in [0, 0.05) is 48.3 Å². The maximum Gasteiger partial charge on any atom is 0.0249 e. The van der Waals surface area contributed by atoms with E-state index >= 15 is 0 Å². The van der Waals surface area contributed by atoms with Gasteiger partial charge in [0.1, 0.15) is 0 Å². The van der Waals surface area contributed by atoms with E-state index in [0.29, 0.717) is 6.04 Å². The molecule has 3 atom stereocenters. The van der Waals surface area contributed by atoms with Crippen molar-refractivity contribution in [3.8, 4) is 0 Å². The number of thioether (sulfide) groups is 1. The Balaban J connectivity index is 1.49. The molecule has 1 aromatic rings. The molecule has 4 rings (SSSR count). The Hall–Kier alpha value is -0.510. The molecule has 1 saturated carbocycles. The maximum atomic E-state index is 3.68. The summed E-state index contributed by atoms with van der Waals surface area (Å²) in [6.07, 6.45) is 2.90. The van der Waals surface area contributed by atoms with Crippen molar-refractivity contribution in [3.63, 3.8) is 0 Å². The van der Waals surface area contributed by atoms with Crippen LogP contribution in [0.1, 0.15) is 31.2 Å². The first-order valence-electron chi connectivity index (χ1n) is 8.00. The van der Waals surface area contributed by atoms with Crippen molar-refractivity contribution in [3.05, 3.63) is 29.8 Å². The summed E-state index contributed by atoms with van der Waals surface area (Å²) in [5, 5.41) is 3.68. The molecule has 2 heterocycles. The van der Waals surface area contributed by atoms with Gasteiger partial charge in [0.25, 0.3) is 0 Å². The first-order valence-corrected chi connectivity index (χ1v) is 8.99. The van der Waals surface area contributed by atoms with Gasteiger partial charge in [-0.25, -0.2) is 0 Å². The van der Waals surface area contributed by atoms with Crippen molar-refractivity contribution >= 4 is 11.8 Å². The van der Waals surface area contributed by atoms with Crippen LogP contribution in [0.2, 0.25) is 0 Å². The van der Waals surface area contributed by atoms with Gasteiger partial charge in [0.05, 0.1) is 0 Å². The summed E-state index contributed by atoms with van der Waals surface area (Å²) < 4.78 is 0. The standard InChI is InChI=1S/C17H24N2S/c1-12-9-19(16(8-18-12)13-6-7-13)10-14-11-20-17-5-3-2-4-15(14)17/h2-5,12-14,16,18H,6-11H2,1H3. The van der Waals surface area contributed by atoms with E-state index in [2.05, 4.69) is 41.4 Å². The van der Waals surface area contributed by atoms with Crippen LogP contribution >= 0.6 is 11.8 Å². The van der Waals surface area contributed by atoms with E-state index in [-0.39, 0.29) is 0 Å². The van der Waals surface area contributed by atoms with Crippen LogP contribution in [0, 0.1) is 5.92 Å². The topological polar surface area (TPSA) is 15.3 Å². The van der Waals surface area contributed by atoms with Crippen molar-refractivity contribution in [2.45, 2.75) is 42.7 Å². The minimum Gasteiger partial charge on any atom is -0.311 e. The highest BCUT2D eigenvalue weighted by Gasteiger charge is 2.39. The Kier molecular flexibility index (Phi) is 3.53. The molecule has 108 valence electrons. The number of rotatable bonds is 3. The summed E-state index contributed by atoms with van der Waals surface area (Å²) in [6.45, 7) is 6.02. The number of fused-ring (bicyclic) bond motifs is 1. The smallest absolute Gasteiger partial charge is 0.0249 e. The fourth-order valence-corrected chi connectivity index (χ4v) is 5.06. The molecule has 2 nitrogen and oxygen atoms in total. The van der Waals surface area contributed by atoms with Crippen molar-refractivity contribution in [2.24, 2.45) is 5.92 Å². The fourth-order valence-electron chi connectivity index (χ4n) is 3.82. The summed E-state index contributed by atoms with van der Waals surface area (Å²) in [4.78, 5) is 4.32. The molecule has 1 aliphatic carbocycles. The van der Waals surface area contributed by atoms with E-state index < -0.39 is 0 Å². The van der Waals surface area contributed by atoms with Crippen LogP contribution < -0.4 is 5.32 Å². The molecule has 0 spiro atoms. The third-order valence-electron chi connectivity index (χ3n) is 5.07. The van der Waals surface area contributed by atoms with Crippen molar-refractivity contribution in [1.82, 2.24) is 10.2 Å². The molecule has 3 aliphatic rings. The molecule has 3 unspecified atom stereocenters. The highest BCUT2D eigenvalue weighted by atomic mass is 32.2. The van der Waals surface area contributed by atoms with Gasteiger partial charge in [0.15, 0.2) is 0 Å². The molecule has 2 aliphatic heterocycles. The van der Waals surface area contributed by atoms with Crippen LogP contribution in [0.4, 0.5) is 0 Å². The largest absolute Gasteiger partial charge is 0.311 e. The van der Waals surface area contributed by atoms with Gasteiger partial charge in [-0.3, -0.25) is 4.90 Å². The third kappa shape index (κ3) is 2.51. The Morgan fingerprint density at radius 3 is 3.00 bits per heavy atom. The average Bonchev–Trinajstić information content (AvgIpc) is 3.22.